The van der Waals surface area contributed by atoms with Gasteiger partial charge in [-0.05, 0) is 24.0 Å². The number of carbonyl (C=O) groups excluding carboxylic acids is 2. The third kappa shape index (κ3) is 7.86. The maximum Gasteiger partial charge on any atom is 0.407 e. The maximum atomic E-state index is 12.0. The predicted octanol–water partition coefficient (Wildman–Crippen LogP) is 4.65. The molecule has 0 fully saturated rings. The number of carbonyl (C=O) groups is 2. The van der Waals surface area contributed by atoms with Crippen molar-refractivity contribution in [1.82, 2.24) is 10.6 Å². The van der Waals surface area contributed by atoms with Gasteiger partial charge in [-0.2, -0.15) is 0 Å². The van der Waals surface area contributed by atoms with Gasteiger partial charge in [-0.15, -0.1) is 0 Å². The van der Waals surface area contributed by atoms with Gasteiger partial charge in [0.15, 0.2) is 0 Å². The first-order valence-electron chi connectivity index (χ1n) is 9.96. The average Bonchev–Trinajstić information content (AvgIpc) is 2.78. The topological polar surface area (TPSA) is 76.7 Å². The lowest BCUT2D eigenvalue weighted by atomic mass is 9.84. The molecule has 0 aromatic heterocycles. The minimum absolute atomic E-state index is 0.187. The highest BCUT2D eigenvalue weighted by Crippen LogP contribution is 2.27. The molecule has 0 aliphatic heterocycles. The first-order chi connectivity index (χ1) is 14.1. The van der Waals surface area contributed by atoms with E-state index in [2.05, 4.69) is 10.6 Å². The Labute approximate surface area is 172 Å². The summed E-state index contributed by atoms with van der Waals surface area (Å²) in [6.45, 7) is 5.19. The second-order valence-corrected chi connectivity index (χ2v) is 7.04. The molecule has 2 aromatic rings. The van der Waals surface area contributed by atoms with Crippen LogP contribution in [-0.4, -0.2) is 25.4 Å². The van der Waals surface area contributed by atoms with Crippen LogP contribution in [0, 0.1) is 5.41 Å². The molecule has 6 heteroatoms. The van der Waals surface area contributed by atoms with Crippen LogP contribution in [0.1, 0.15) is 37.8 Å². The van der Waals surface area contributed by atoms with Crippen molar-refractivity contribution in [3.05, 3.63) is 71.8 Å². The first-order valence-corrected chi connectivity index (χ1v) is 9.96. The van der Waals surface area contributed by atoms with Gasteiger partial charge < -0.3 is 20.1 Å². The van der Waals surface area contributed by atoms with Crippen molar-refractivity contribution < 1.29 is 19.1 Å². The molecule has 0 atom stereocenters. The lowest BCUT2D eigenvalue weighted by Gasteiger charge is -2.30. The minimum Gasteiger partial charge on any atom is -0.449 e. The molecule has 2 aromatic carbocycles. The Morgan fingerprint density at radius 1 is 0.724 bits per heavy atom. The van der Waals surface area contributed by atoms with Crippen molar-refractivity contribution in [2.24, 2.45) is 5.41 Å². The van der Waals surface area contributed by atoms with Crippen molar-refractivity contribution in [2.45, 2.75) is 39.8 Å². The number of nitrogens with one attached hydrogen (secondary N) is 2. The molecule has 0 heterocycles. The van der Waals surface area contributed by atoms with Crippen LogP contribution >= 0.6 is 0 Å². The molecular weight excluding hydrogens is 368 g/mol. The molecule has 0 unspecified atom stereocenters. The van der Waals surface area contributed by atoms with Gasteiger partial charge in [-0.25, -0.2) is 9.59 Å². The molecule has 2 rings (SSSR count). The van der Waals surface area contributed by atoms with E-state index in [-0.39, 0.29) is 13.2 Å². The van der Waals surface area contributed by atoms with Crippen LogP contribution in [0.5, 0.6) is 0 Å². The van der Waals surface area contributed by atoms with E-state index in [0.717, 1.165) is 24.0 Å². The molecule has 0 radical (unpaired) electrons. The summed E-state index contributed by atoms with van der Waals surface area (Å²) in [5, 5.41) is 5.48. The third-order valence-corrected chi connectivity index (χ3v) is 5.08. The van der Waals surface area contributed by atoms with Crippen molar-refractivity contribution >= 4 is 12.2 Å². The number of hydrogen-bond acceptors (Lipinski definition) is 4. The van der Waals surface area contributed by atoms with Gasteiger partial charge in [0.05, 0.1) is 0 Å². The Morgan fingerprint density at radius 3 is 1.45 bits per heavy atom. The van der Waals surface area contributed by atoms with Crippen molar-refractivity contribution in [1.29, 1.82) is 0 Å². The van der Waals surface area contributed by atoms with E-state index in [1.807, 2.05) is 74.5 Å². The Bertz CT molecular complexity index is 684. The highest BCUT2D eigenvalue weighted by molar-refractivity contribution is 5.67. The standard InChI is InChI=1S/C23H30N2O4/c1-3-23(4-2,17-28-21(26)24-15-19-11-7-5-8-12-19)18-29-22(27)25-16-20-13-9-6-10-14-20/h5-14H,3-4,15-18H2,1-2H3,(H,24,26)(H,25,27). The van der Waals surface area contributed by atoms with Crippen LogP contribution in [-0.2, 0) is 22.6 Å². The summed E-state index contributed by atoms with van der Waals surface area (Å²) in [4.78, 5) is 24.1. The van der Waals surface area contributed by atoms with Gasteiger partial charge in [-0.1, -0.05) is 74.5 Å². The number of alkyl carbamates (subject to hydrolysis) is 2. The van der Waals surface area contributed by atoms with Crippen LogP contribution in [0.4, 0.5) is 9.59 Å². The first kappa shape index (κ1) is 22.3. The Kier molecular flexibility index (Phi) is 9.02. The van der Waals surface area contributed by atoms with Crippen LogP contribution in [0.25, 0.3) is 0 Å². The van der Waals surface area contributed by atoms with Gasteiger partial charge in [0.25, 0.3) is 0 Å². The lowest BCUT2D eigenvalue weighted by Crippen LogP contribution is -2.37. The molecule has 2 amide bonds. The average molecular weight is 399 g/mol. The molecule has 29 heavy (non-hydrogen) atoms. The van der Waals surface area contributed by atoms with E-state index in [1.54, 1.807) is 0 Å². The molecule has 0 aliphatic rings. The zero-order valence-corrected chi connectivity index (χ0v) is 17.1. The fraction of sp³-hybridized carbons (Fsp3) is 0.391. The molecule has 6 nitrogen and oxygen atoms in total. The van der Waals surface area contributed by atoms with Crippen molar-refractivity contribution in [3.8, 4) is 0 Å². The zero-order chi connectivity index (χ0) is 21.0. The molecule has 0 spiro atoms. The van der Waals surface area contributed by atoms with Gasteiger partial charge in [-0.3, -0.25) is 0 Å². The predicted molar refractivity (Wildman–Crippen MR) is 112 cm³/mol. The molecule has 0 aliphatic carbocycles. The third-order valence-electron chi connectivity index (χ3n) is 5.08. The van der Waals surface area contributed by atoms with Crippen LogP contribution in [0.2, 0.25) is 0 Å². The summed E-state index contributed by atoms with van der Waals surface area (Å²) in [6.07, 6.45) is 0.491. The van der Waals surface area contributed by atoms with E-state index in [4.69, 9.17) is 9.47 Å². The molecular formula is C23H30N2O4. The quantitative estimate of drug-likeness (QED) is 0.611. The van der Waals surface area contributed by atoms with Gasteiger partial charge >= 0.3 is 12.2 Å². The summed E-state index contributed by atoms with van der Waals surface area (Å²) in [6, 6.07) is 19.3. The van der Waals surface area contributed by atoms with Crippen LogP contribution in [0.15, 0.2) is 60.7 Å². The SMILES string of the molecule is CCC(CC)(COC(=O)NCc1ccccc1)COC(=O)NCc1ccccc1. The highest BCUT2D eigenvalue weighted by atomic mass is 16.6. The lowest BCUT2D eigenvalue weighted by molar-refractivity contribution is 0.0207. The Morgan fingerprint density at radius 2 is 1.10 bits per heavy atom. The highest BCUT2D eigenvalue weighted by Gasteiger charge is 2.30. The van der Waals surface area contributed by atoms with Crippen LogP contribution < -0.4 is 10.6 Å². The van der Waals surface area contributed by atoms with E-state index in [1.165, 1.54) is 0 Å². The number of hydrogen-bond donors (Lipinski definition) is 2. The summed E-state index contributed by atoms with van der Waals surface area (Å²) in [5.41, 5.74) is 1.59. The minimum atomic E-state index is -0.478. The van der Waals surface area contributed by atoms with E-state index in [9.17, 15) is 9.59 Å². The maximum absolute atomic E-state index is 12.0. The zero-order valence-electron chi connectivity index (χ0n) is 17.1. The van der Waals surface area contributed by atoms with Gasteiger partial charge in [0.1, 0.15) is 13.2 Å². The van der Waals surface area contributed by atoms with E-state index >= 15 is 0 Å². The number of rotatable bonds is 10. The summed E-state index contributed by atoms with van der Waals surface area (Å²) >= 11 is 0. The summed E-state index contributed by atoms with van der Waals surface area (Å²) in [5.74, 6) is 0. The van der Waals surface area contributed by atoms with Gasteiger partial charge in [0.2, 0.25) is 0 Å². The summed E-state index contributed by atoms with van der Waals surface area (Å²) in [7, 11) is 0. The van der Waals surface area contributed by atoms with E-state index < -0.39 is 17.6 Å². The number of ether oxygens (including phenoxy) is 2. The van der Waals surface area contributed by atoms with E-state index in [0.29, 0.717) is 13.1 Å². The normalized spacial score (nSPS) is 10.8. The number of benzene rings is 2. The summed E-state index contributed by atoms with van der Waals surface area (Å²) < 4.78 is 10.8. The van der Waals surface area contributed by atoms with Gasteiger partial charge in [0, 0.05) is 18.5 Å². The Hall–Kier alpha value is -3.02. The second-order valence-electron chi connectivity index (χ2n) is 7.04. The van der Waals surface area contributed by atoms with Crippen molar-refractivity contribution in [3.63, 3.8) is 0 Å². The molecule has 0 bridgehead atoms. The molecule has 156 valence electrons. The Balaban J connectivity index is 1.75. The fourth-order valence-corrected chi connectivity index (χ4v) is 2.78. The smallest absolute Gasteiger partial charge is 0.407 e. The van der Waals surface area contributed by atoms with Crippen molar-refractivity contribution in [2.75, 3.05) is 13.2 Å². The largest absolute Gasteiger partial charge is 0.449 e. The fourth-order valence-electron chi connectivity index (χ4n) is 2.78. The van der Waals surface area contributed by atoms with Crippen LogP contribution in [0.3, 0.4) is 0 Å². The molecule has 0 saturated heterocycles. The second kappa shape index (κ2) is 11.7. The number of amides is 2. The molecule has 0 saturated carbocycles. The molecule has 2 N–H and O–H groups in total. The monoisotopic (exact) mass is 398 g/mol.